The van der Waals surface area contributed by atoms with Crippen molar-refractivity contribution < 1.29 is 0 Å². The van der Waals surface area contributed by atoms with Gasteiger partial charge in [-0.3, -0.25) is 4.90 Å². The van der Waals surface area contributed by atoms with Crippen molar-refractivity contribution in [3.8, 4) is 0 Å². The molecule has 0 aromatic rings. The SMILES string of the molecule is CCNC1CCC(N(CC(C)C)C(CC)CC)C1. The number of rotatable bonds is 8. The van der Waals surface area contributed by atoms with Gasteiger partial charge in [-0.15, -0.1) is 0 Å². The van der Waals surface area contributed by atoms with E-state index in [1.807, 2.05) is 0 Å². The Hall–Kier alpha value is -0.0800. The molecule has 1 aliphatic rings. The van der Waals surface area contributed by atoms with Crippen molar-refractivity contribution in [3.63, 3.8) is 0 Å². The molecule has 18 heavy (non-hydrogen) atoms. The molecule has 0 heterocycles. The van der Waals surface area contributed by atoms with Gasteiger partial charge in [0.05, 0.1) is 0 Å². The fourth-order valence-corrected chi connectivity index (χ4v) is 3.51. The largest absolute Gasteiger partial charge is 0.314 e. The molecular weight excluding hydrogens is 220 g/mol. The number of hydrogen-bond donors (Lipinski definition) is 1. The van der Waals surface area contributed by atoms with Crippen molar-refractivity contribution in [2.24, 2.45) is 5.92 Å². The average molecular weight is 254 g/mol. The molecule has 1 N–H and O–H groups in total. The van der Waals surface area contributed by atoms with Gasteiger partial charge in [0.25, 0.3) is 0 Å². The summed E-state index contributed by atoms with van der Waals surface area (Å²) in [6.45, 7) is 14.0. The zero-order valence-corrected chi connectivity index (χ0v) is 13.2. The van der Waals surface area contributed by atoms with Crippen LogP contribution in [-0.4, -0.2) is 36.1 Å². The van der Waals surface area contributed by atoms with Crippen LogP contribution in [-0.2, 0) is 0 Å². The molecule has 0 aliphatic heterocycles. The molecule has 0 amide bonds. The number of nitrogens with one attached hydrogen (secondary N) is 1. The summed E-state index contributed by atoms with van der Waals surface area (Å²) in [5.74, 6) is 0.781. The van der Waals surface area contributed by atoms with Crippen LogP contribution in [0.5, 0.6) is 0 Å². The van der Waals surface area contributed by atoms with Crippen molar-refractivity contribution in [1.29, 1.82) is 0 Å². The fourth-order valence-electron chi connectivity index (χ4n) is 3.51. The van der Waals surface area contributed by atoms with Gasteiger partial charge in [0.2, 0.25) is 0 Å². The molecule has 1 fully saturated rings. The Morgan fingerprint density at radius 1 is 1.11 bits per heavy atom. The highest BCUT2D eigenvalue weighted by molar-refractivity contribution is 4.89. The molecule has 0 aromatic heterocycles. The summed E-state index contributed by atoms with van der Waals surface area (Å²) in [5, 5.41) is 3.63. The normalized spacial score (nSPS) is 24.7. The van der Waals surface area contributed by atoms with E-state index in [-0.39, 0.29) is 0 Å². The molecule has 2 atom stereocenters. The quantitative estimate of drug-likeness (QED) is 0.711. The molecular formula is C16H34N2. The van der Waals surface area contributed by atoms with Crippen molar-refractivity contribution in [2.45, 2.75) is 84.8 Å². The highest BCUT2D eigenvalue weighted by atomic mass is 15.2. The highest BCUT2D eigenvalue weighted by Gasteiger charge is 2.31. The van der Waals surface area contributed by atoms with Crippen LogP contribution in [0.3, 0.4) is 0 Å². The fraction of sp³-hybridized carbons (Fsp3) is 1.00. The molecule has 1 aliphatic carbocycles. The number of hydrogen-bond acceptors (Lipinski definition) is 2. The predicted molar refractivity (Wildman–Crippen MR) is 81.0 cm³/mol. The highest BCUT2D eigenvalue weighted by Crippen LogP contribution is 2.28. The second-order valence-corrected chi connectivity index (χ2v) is 6.28. The minimum Gasteiger partial charge on any atom is -0.314 e. The summed E-state index contributed by atoms with van der Waals surface area (Å²) in [4.78, 5) is 2.82. The second-order valence-electron chi connectivity index (χ2n) is 6.28. The van der Waals surface area contributed by atoms with Gasteiger partial charge in [0, 0.05) is 24.7 Å². The van der Waals surface area contributed by atoms with Crippen LogP contribution in [0.15, 0.2) is 0 Å². The van der Waals surface area contributed by atoms with Gasteiger partial charge < -0.3 is 5.32 Å². The molecule has 2 heteroatoms. The summed E-state index contributed by atoms with van der Waals surface area (Å²) in [7, 11) is 0. The first-order valence-electron chi connectivity index (χ1n) is 8.11. The molecule has 1 saturated carbocycles. The third-order valence-electron chi connectivity index (χ3n) is 4.35. The van der Waals surface area contributed by atoms with Gasteiger partial charge >= 0.3 is 0 Å². The Morgan fingerprint density at radius 2 is 1.78 bits per heavy atom. The van der Waals surface area contributed by atoms with E-state index in [4.69, 9.17) is 0 Å². The molecule has 108 valence electrons. The third kappa shape index (κ3) is 4.55. The van der Waals surface area contributed by atoms with E-state index in [0.29, 0.717) is 0 Å². The first kappa shape index (κ1) is 16.0. The third-order valence-corrected chi connectivity index (χ3v) is 4.35. The summed E-state index contributed by atoms with van der Waals surface area (Å²) in [6, 6.07) is 2.38. The van der Waals surface area contributed by atoms with E-state index < -0.39 is 0 Å². The summed E-state index contributed by atoms with van der Waals surface area (Å²) >= 11 is 0. The van der Waals surface area contributed by atoms with E-state index >= 15 is 0 Å². The maximum absolute atomic E-state index is 3.63. The average Bonchev–Trinajstić information content (AvgIpc) is 2.78. The first-order chi connectivity index (χ1) is 8.62. The van der Waals surface area contributed by atoms with Crippen LogP contribution >= 0.6 is 0 Å². The lowest BCUT2D eigenvalue weighted by atomic mass is 10.0. The van der Waals surface area contributed by atoms with Crippen LogP contribution in [0.2, 0.25) is 0 Å². The smallest absolute Gasteiger partial charge is 0.0114 e. The lowest BCUT2D eigenvalue weighted by Gasteiger charge is -2.37. The van der Waals surface area contributed by atoms with Crippen LogP contribution in [0.4, 0.5) is 0 Å². The van der Waals surface area contributed by atoms with Crippen LogP contribution in [0, 0.1) is 5.92 Å². The Kier molecular flexibility index (Phi) is 7.25. The van der Waals surface area contributed by atoms with Gasteiger partial charge in [-0.05, 0) is 44.6 Å². The molecule has 2 unspecified atom stereocenters. The van der Waals surface area contributed by atoms with E-state index in [9.17, 15) is 0 Å². The van der Waals surface area contributed by atoms with Gasteiger partial charge in [-0.2, -0.15) is 0 Å². The number of nitrogens with zero attached hydrogens (tertiary/aromatic N) is 1. The molecule has 2 nitrogen and oxygen atoms in total. The summed E-state index contributed by atoms with van der Waals surface area (Å²) in [6.07, 6.45) is 6.71. The topological polar surface area (TPSA) is 15.3 Å². The Balaban J connectivity index is 2.60. The Morgan fingerprint density at radius 3 is 2.28 bits per heavy atom. The van der Waals surface area contributed by atoms with Gasteiger partial charge in [-0.1, -0.05) is 34.6 Å². The van der Waals surface area contributed by atoms with Crippen molar-refractivity contribution in [3.05, 3.63) is 0 Å². The summed E-state index contributed by atoms with van der Waals surface area (Å²) in [5.41, 5.74) is 0. The van der Waals surface area contributed by atoms with E-state index in [1.54, 1.807) is 0 Å². The van der Waals surface area contributed by atoms with Crippen molar-refractivity contribution in [2.75, 3.05) is 13.1 Å². The predicted octanol–water partition coefficient (Wildman–Crippen LogP) is 3.66. The first-order valence-corrected chi connectivity index (χ1v) is 8.11. The van der Waals surface area contributed by atoms with Crippen LogP contribution in [0.1, 0.15) is 66.7 Å². The molecule has 0 aromatic carbocycles. The standard InChI is InChI=1S/C16H34N2/c1-6-15(7-2)18(12-13(4)5)16-10-9-14(11-16)17-8-3/h13-17H,6-12H2,1-5H3. The van der Waals surface area contributed by atoms with Gasteiger partial charge in [0.1, 0.15) is 0 Å². The zero-order valence-electron chi connectivity index (χ0n) is 13.2. The molecule has 0 bridgehead atoms. The summed E-state index contributed by atoms with van der Waals surface area (Å²) < 4.78 is 0. The lowest BCUT2D eigenvalue weighted by molar-refractivity contribution is 0.110. The zero-order chi connectivity index (χ0) is 13.5. The van der Waals surface area contributed by atoms with Crippen molar-refractivity contribution >= 4 is 0 Å². The lowest BCUT2D eigenvalue weighted by Crippen LogP contribution is -2.44. The molecule has 0 spiro atoms. The second kappa shape index (κ2) is 8.16. The van der Waals surface area contributed by atoms with Gasteiger partial charge in [-0.25, -0.2) is 0 Å². The van der Waals surface area contributed by atoms with E-state index in [1.165, 1.54) is 38.6 Å². The maximum atomic E-state index is 3.63. The molecule has 0 radical (unpaired) electrons. The molecule has 1 rings (SSSR count). The van der Waals surface area contributed by atoms with E-state index in [0.717, 1.165) is 30.6 Å². The Bertz CT molecular complexity index is 211. The van der Waals surface area contributed by atoms with Crippen molar-refractivity contribution in [1.82, 2.24) is 10.2 Å². The van der Waals surface area contributed by atoms with E-state index in [2.05, 4.69) is 44.8 Å². The minimum atomic E-state index is 0.768. The van der Waals surface area contributed by atoms with Crippen LogP contribution in [0.25, 0.3) is 0 Å². The maximum Gasteiger partial charge on any atom is 0.0114 e. The van der Waals surface area contributed by atoms with Crippen LogP contribution < -0.4 is 5.32 Å². The monoisotopic (exact) mass is 254 g/mol. The minimum absolute atomic E-state index is 0.768. The Labute approximate surface area is 115 Å². The van der Waals surface area contributed by atoms with Gasteiger partial charge in [0.15, 0.2) is 0 Å². The molecule has 0 saturated heterocycles.